The van der Waals surface area contributed by atoms with Crippen molar-refractivity contribution >= 4 is 29.1 Å². The summed E-state index contributed by atoms with van der Waals surface area (Å²) < 4.78 is 5.26. The molecular weight excluding hydrogens is 306 g/mol. The molecule has 7 heteroatoms. The van der Waals surface area contributed by atoms with Crippen LogP contribution in [-0.2, 0) is 14.3 Å². The van der Waals surface area contributed by atoms with E-state index in [0.29, 0.717) is 43.4 Å². The molecular formula is C15H18ClN3O3. The number of amides is 2. The Morgan fingerprint density at radius 1 is 1.41 bits per heavy atom. The van der Waals surface area contributed by atoms with Crippen LogP contribution in [0.15, 0.2) is 24.3 Å². The maximum absolute atomic E-state index is 12.5. The van der Waals surface area contributed by atoms with Crippen LogP contribution in [0, 0.1) is 0 Å². The first-order valence-electron chi connectivity index (χ1n) is 7.34. The fourth-order valence-corrected chi connectivity index (χ4v) is 2.97. The Hall–Kier alpha value is -1.63. The van der Waals surface area contributed by atoms with Gasteiger partial charge in [-0.2, -0.15) is 0 Å². The molecule has 1 aromatic carbocycles. The monoisotopic (exact) mass is 323 g/mol. The number of anilines is 1. The molecule has 2 aliphatic heterocycles. The van der Waals surface area contributed by atoms with Gasteiger partial charge in [0.05, 0.1) is 23.9 Å². The molecule has 0 spiro atoms. The summed E-state index contributed by atoms with van der Waals surface area (Å²) in [6.07, 6.45) is 0.573. The van der Waals surface area contributed by atoms with Crippen molar-refractivity contribution in [2.45, 2.75) is 18.5 Å². The minimum absolute atomic E-state index is 0.127. The molecule has 0 radical (unpaired) electrons. The van der Waals surface area contributed by atoms with E-state index < -0.39 is 12.1 Å². The first kappa shape index (κ1) is 15.3. The first-order valence-corrected chi connectivity index (χ1v) is 7.72. The molecule has 3 rings (SSSR count). The van der Waals surface area contributed by atoms with E-state index in [1.807, 2.05) is 12.1 Å². The zero-order valence-electron chi connectivity index (χ0n) is 12.0. The number of ether oxygens (including phenoxy) is 1. The smallest absolute Gasteiger partial charge is 0.249 e. The molecule has 0 bridgehead atoms. The van der Waals surface area contributed by atoms with Crippen molar-refractivity contribution in [1.29, 1.82) is 0 Å². The van der Waals surface area contributed by atoms with Crippen LogP contribution in [-0.4, -0.2) is 50.2 Å². The number of carbonyl (C=O) groups excluding carboxylic acids is 2. The van der Waals surface area contributed by atoms with Crippen molar-refractivity contribution in [2.24, 2.45) is 0 Å². The number of rotatable bonds is 3. The molecule has 2 heterocycles. The van der Waals surface area contributed by atoms with Crippen molar-refractivity contribution < 1.29 is 14.3 Å². The predicted octanol–water partition coefficient (Wildman–Crippen LogP) is 0.550. The second-order valence-corrected chi connectivity index (χ2v) is 5.78. The van der Waals surface area contributed by atoms with Crippen molar-refractivity contribution in [2.75, 3.05) is 31.2 Å². The molecule has 22 heavy (non-hydrogen) atoms. The van der Waals surface area contributed by atoms with E-state index in [9.17, 15) is 9.59 Å². The zero-order chi connectivity index (χ0) is 15.5. The van der Waals surface area contributed by atoms with Crippen LogP contribution in [0.25, 0.3) is 0 Å². The van der Waals surface area contributed by atoms with Crippen molar-refractivity contribution in [3.05, 3.63) is 29.3 Å². The standard InChI is InChI=1S/C15H18ClN3O3/c16-10-3-1-2-4-13(10)19-7-5-11(15(19)21)18-14(20)12-9-22-8-6-17-12/h1-4,11-12,17H,5-9H2,(H,18,20)/t11-,12-/m1/s1. The lowest BCUT2D eigenvalue weighted by Gasteiger charge is -2.24. The number of hydrogen-bond acceptors (Lipinski definition) is 4. The number of nitrogens with one attached hydrogen (secondary N) is 2. The van der Waals surface area contributed by atoms with Gasteiger partial charge in [-0.25, -0.2) is 0 Å². The van der Waals surface area contributed by atoms with E-state index in [1.54, 1.807) is 17.0 Å². The number of benzene rings is 1. The molecule has 6 nitrogen and oxygen atoms in total. The molecule has 2 amide bonds. The van der Waals surface area contributed by atoms with Gasteiger partial charge in [-0.15, -0.1) is 0 Å². The molecule has 0 saturated carbocycles. The number of halogens is 1. The van der Waals surface area contributed by atoms with Crippen LogP contribution >= 0.6 is 11.6 Å². The van der Waals surface area contributed by atoms with Gasteiger partial charge in [0, 0.05) is 13.1 Å². The Bertz CT molecular complexity index is 575. The fraction of sp³-hybridized carbons (Fsp3) is 0.467. The van der Waals surface area contributed by atoms with Crippen molar-refractivity contribution in [1.82, 2.24) is 10.6 Å². The first-order chi connectivity index (χ1) is 10.7. The van der Waals surface area contributed by atoms with Gasteiger partial charge >= 0.3 is 0 Å². The molecule has 0 aliphatic carbocycles. The largest absolute Gasteiger partial charge is 0.378 e. The lowest BCUT2D eigenvalue weighted by atomic mass is 10.2. The van der Waals surface area contributed by atoms with Crippen LogP contribution in [0.4, 0.5) is 5.69 Å². The van der Waals surface area contributed by atoms with Gasteiger partial charge in [-0.1, -0.05) is 23.7 Å². The molecule has 2 fully saturated rings. The van der Waals surface area contributed by atoms with Gasteiger partial charge in [0.2, 0.25) is 11.8 Å². The van der Waals surface area contributed by atoms with Crippen molar-refractivity contribution in [3.63, 3.8) is 0 Å². The molecule has 0 unspecified atom stereocenters. The summed E-state index contributed by atoms with van der Waals surface area (Å²) in [6.45, 7) is 2.12. The zero-order valence-corrected chi connectivity index (χ0v) is 12.8. The van der Waals surface area contributed by atoms with E-state index in [-0.39, 0.29) is 11.8 Å². The highest BCUT2D eigenvalue weighted by atomic mass is 35.5. The third kappa shape index (κ3) is 3.09. The van der Waals surface area contributed by atoms with Gasteiger partial charge in [0.25, 0.3) is 0 Å². The molecule has 1 aromatic rings. The summed E-state index contributed by atoms with van der Waals surface area (Å²) in [5.74, 6) is -0.322. The topological polar surface area (TPSA) is 70.7 Å². The van der Waals surface area contributed by atoms with Gasteiger partial charge in [-0.05, 0) is 18.6 Å². The number of nitrogens with zero attached hydrogens (tertiary/aromatic N) is 1. The third-order valence-corrected chi connectivity index (χ3v) is 4.22. The van der Waals surface area contributed by atoms with E-state index in [4.69, 9.17) is 16.3 Å². The average Bonchev–Trinajstić information content (AvgIpc) is 2.90. The van der Waals surface area contributed by atoms with Crippen LogP contribution in [0.1, 0.15) is 6.42 Å². The average molecular weight is 324 g/mol. The molecule has 118 valence electrons. The molecule has 2 atom stereocenters. The summed E-state index contributed by atoms with van der Waals surface area (Å²) in [5.41, 5.74) is 0.685. The highest BCUT2D eigenvalue weighted by Gasteiger charge is 2.35. The van der Waals surface area contributed by atoms with Gasteiger partial charge < -0.3 is 20.3 Å². The Balaban J connectivity index is 1.64. The Morgan fingerprint density at radius 3 is 2.95 bits per heavy atom. The minimum Gasteiger partial charge on any atom is -0.378 e. The van der Waals surface area contributed by atoms with Crippen LogP contribution < -0.4 is 15.5 Å². The van der Waals surface area contributed by atoms with E-state index in [1.165, 1.54) is 0 Å². The third-order valence-electron chi connectivity index (χ3n) is 3.90. The highest BCUT2D eigenvalue weighted by Crippen LogP contribution is 2.28. The number of morpholine rings is 1. The highest BCUT2D eigenvalue weighted by molar-refractivity contribution is 6.34. The van der Waals surface area contributed by atoms with E-state index >= 15 is 0 Å². The summed E-state index contributed by atoms with van der Waals surface area (Å²) in [7, 11) is 0. The molecule has 2 saturated heterocycles. The Morgan fingerprint density at radius 2 is 2.23 bits per heavy atom. The van der Waals surface area contributed by atoms with E-state index in [0.717, 1.165) is 0 Å². The summed E-state index contributed by atoms with van der Waals surface area (Å²) in [5, 5.41) is 6.41. The summed E-state index contributed by atoms with van der Waals surface area (Å²) >= 11 is 6.14. The normalized spacial score (nSPS) is 25.3. The maximum Gasteiger partial charge on any atom is 0.249 e. The summed E-state index contributed by atoms with van der Waals surface area (Å²) in [6, 6.07) is 6.31. The predicted molar refractivity (Wildman–Crippen MR) is 83.0 cm³/mol. The SMILES string of the molecule is O=C(N[C@@H]1CCN(c2ccccc2Cl)C1=O)[C@H]1COCCN1. The van der Waals surface area contributed by atoms with E-state index in [2.05, 4.69) is 10.6 Å². The minimum atomic E-state index is -0.507. The Kier molecular flexibility index (Phi) is 4.61. The number of carbonyl (C=O) groups is 2. The second-order valence-electron chi connectivity index (χ2n) is 5.37. The number of para-hydroxylation sites is 1. The Labute approximate surface area is 133 Å². The van der Waals surface area contributed by atoms with Crippen molar-refractivity contribution in [3.8, 4) is 0 Å². The second kappa shape index (κ2) is 6.64. The van der Waals surface area contributed by atoms with Crippen LogP contribution in [0.5, 0.6) is 0 Å². The van der Waals surface area contributed by atoms with Gasteiger partial charge in [0.1, 0.15) is 12.1 Å². The number of hydrogen-bond donors (Lipinski definition) is 2. The quantitative estimate of drug-likeness (QED) is 0.852. The van der Waals surface area contributed by atoms with Crippen LogP contribution in [0.3, 0.4) is 0 Å². The van der Waals surface area contributed by atoms with Gasteiger partial charge in [0.15, 0.2) is 0 Å². The molecule has 2 N–H and O–H groups in total. The lowest BCUT2D eigenvalue weighted by molar-refractivity contribution is -0.129. The lowest BCUT2D eigenvalue weighted by Crippen LogP contribution is -2.54. The summed E-state index contributed by atoms with van der Waals surface area (Å²) in [4.78, 5) is 26.3. The van der Waals surface area contributed by atoms with Gasteiger partial charge in [-0.3, -0.25) is 9.59 Å². The molecule has 2 aliphatic rings. The van der Waals surface area contributed by atoms with Crippen LogP contribution in [0.2, 0.25) is 5.02 Å². The molecule has 0 aromatic heterocycles. The maximum atomic E-state index is 12.5. The fourth-order valence-electron chi connectivity index (χ4n) is 2.73.